The fraction of sp³-hybridized carbons (Fsp3) is 0.391. The SMILES string of the molecule is CC(=O)NC1C(=O)N(CCCOc2cc(C)ccc2C(C)C)c2c(Cl)cccc21. The Bertz CT molecular complexity index is 926. The van der Waals surface area contributed by atoms with Gasteiger partial charge in [-0.2, -0.15) is 0 Å². The van der Waals surface area contributed by atoms with Gasteiger partial charge >= 0.3 is 0 Å². The molecule has 0 saturated heterocycles. The van der Waals surface area contributed by atoms with E-state index in [1.807, 2.05) is 13.0 Å². The third-order valence-corrected chi connectivity index (χ3v) is 5.34. The minimum absolute atomic E-state index is 0.165. The normalized spacial score (nSPS) is 15.6. The zero-order valence-electron chi connectivity index (χ0n) is 17.3. The number of fused-ring (bicyclic) bond motifs is 1. The summed E-state index contributed by atoms with van der Waals surface area (Å²) >= 11 is 6.38. The molecular formula is C23H27ClN2O3. The molecule has 2 aromatic rings. The topological polar surface area (TPSA) is 58.6 Å². The monoisotopic (exact) mass is 414 g/mol. The van der Waals surface area contributed by atoms with E-state index in [2.05, 4.69) is 37.4 Å². The molecule has 2 amide bonds. The molecule has 6 heteroatoms. The summed E-state index contributed by atoms with van der Waals surface area (Å²) in [6.45, 7) is 8.68. The molecule has 0 aromatic heterocycles. The Balaban J connectivity index is 1.70. The first-order valence-corrected chi connectivity index (χ1v) is 10.3. The Morgan fingerprint density at radius 2 is 2.03 bits per heavy atom. The van der Waals surface area contributed by atoms with Crippen molar-refractivity contribution in [3.8, 4) is 5.75 Å². The van der Waals surface area contributed by atoms with Crippen LogP contribution in [-0.4, -0.2) is 25.0 Å². The van der Waals surface area contributed by atoms with E-state index in [1.54, 1.807) is 17.0 Å². The quantitative estimate of drug-likeness (QED) is 0.664. The van der Waals surface area contributed by atoms with Crippen molar-refractivity contribution in [1.29, 1.82) is 0 Å². The van der Waals surface area contributed by atoms with Crippen LogP contribution < -0.4 is 15.0 Å². The predicted molar refractivity (Wildman–Crippen MR) is 116 cm³/mol. The third-order valence-electron chi connectivity index (χ3n) is 5.03. The fourth-order valence-electron chi connectivity index (χ4n) is 3.66. The Kier molecular flexibility index (Phi) is 6.48. The summed E-state index contributed by atoms with van der Waals surface area (Å²) in [4.78, 5) is 26.1. The highest BCUT2D eigenvalue weighted by molar-refractivity contribution is 6.34. The van der Waals surface area contributed by atoms with Crippen LogP contribution >= 0.6 is 11.6 Å². The van der Waals surface area contributed by atoms with Crippen molar-refractivity contribution in [3.05, 3.63) is 58.1 Å². The van der Waals surface area contributed by atoms with Gasteiger partial charge in [0, 0.05) is 19.0 Å². The van der Waals surface area contributed by atoms with Crippen molar-refractivity contribution >= 4 is 29.1 Å². The summed E-state index contributed by atoms with van der Waals surface area (Å²) in [6.07, 6.45) is 0.647. The van der Waals surface area contributed by atoms with Gasteiger partial charge in [0.25, 0.3) is 5.91 Å². The minimum atomic E-state index is -0.688. The molecule has 154 valence electrons. The molecule has 1 aliphatic rings. The van der Waals surface area contributed by atoms with E-state index in [0.29, 0.717) is 36.2 Å². The molecule has 1 aliphatic heterocycles. The molecule has 0 saturated carbocycles. The van der Waals surface area contributed by atoms with Gasteiger partial charge in [0.15, 0.2) is 0 Å². The van der Waals surface area contributed by atoms with E-state index in [4.69, 9.17) is 16.3 Å². The maximum absolute atomic E-state index is 12.9. The number of carbonyl (C=O) groups excluding carboxylic acids is 2. The molecule has 0 bridgehead atoms. The van der Waals surface area contributed by atoms with Crippen molar-refractivity contribution in [2.24, 2.45) is 0 Å². The molecule has 0 aliphatic carbocycles. The van der Waals surface area contributed by atoms with Crippen molar-refractivity contribution in [2.45, 2.75) is 46.1 Å². The van der Waals surface area contributed by atoms with Crippen LogP contribution in [0.4, 0.5) is 5.69 Å². The number of nitrogens with one attached hydrogen (secondary N) is 1. The molecule has 2 aromatic carbocycles. The second-order valence-corrected chi connectivity index (χ2v) is 8.11. The van der Waals surface area contributed by atoms with Crippen LogP contribution in [0.5, 0.6) is 5.75 Å². The van der Waals surface area contributed by atoms with Crippen molar-refractivity contribution < 1.29 is 14.3 Å². The Hall–Kier alpha value is -2.53. The largest absolute Gasteiger partial charge is 0.493 e. The summed E-state index contributed by atoms with van der Waals surface area (Å²) in [6, 6.07) is 10.9. The van der Waals surface area contributed by atoms with E-state index in [0.717, 1.165) is 16.9 Å². The van der Waals surface area contributed by atoms with Gasteiger partial charge in [-0.15, -0.1) is 0 Å². The van der Waals surface area contributed by atoms with Gasteiger partial charge in [0.1, 0.15) is 11.8 Å². The molecule has 1 N–H and O–H groups in total. The zero-order valence-corrected chi connectivity index (χ0v) is 18.0. The first kappa shape index (κ1) is 21.2. The predicted octanol–water partition coefficient (Wildman–Crippen LogP) is 4.76. The van der Waals surface area contributed by atoms with E-state index in [1.165, 1.54) is 12.5 Å². The third kappa shape index (κ3) is 4.56. The molecule has 1 heterocycles. The molecule has 0 fully saturated rings. The summed E-state index contributed by atoms with van der Waals surface area (Å²) in [7, 11) is 0. The molecule has 3 rings (SSSR count). The highest BCUT2D eigenvalue weighted by Gasteiger charge is 2.38. The zero-order chi connectivity index (χ0) is 21.1. The van der Waals surface area contributed by atoms with E-state index >= 15 is 0 Å². The second-order valence-electron chi connectivity index (χ2n) is 7.70. The Morgan fingerprint density at radius 1 is 1.28 bits per heavy atom. The number of ether oxygens (including phenoxy) is 1. The van der Waals surface area contributed by atoms with Crippen LogP contribution in [0.15, 0.2) is 36.4 Å². The molecular weight excluding hydrogens is 388 g/mol. The summed E-state index contributed by atoms with van der Waals surface area (Å²) < 4.78 is 6.04. The summed E-state index contributed by atoms with van der Waals surface area (Å²) in [5.74, 6) is 0.846. The number of benzene rings is 2. The van der Waals surface area contributed by atoms with Crippen molar-refractivity contribution in [3.63, 3.8) is 0 Å². The average Bonchev–Trinajstić information content (AvgIpc) is 2.91. The van der Waals surface area contributed by atoms with Gasteiger partial charge in [-0.3, -0.25) is 9.59 Å². The number of amides is 2. The molecule has 0 spiro atoms. The number of hydrogen-bond acceptors (Lipinski definition) is 3. The van der Waals surface area contributed by atoms with Gasteiger partial charge < -0.3 is 15.0 Å². The number of carbonyl (C=O) groups is 2. The lowest BCUT2D eigenvalue weighted by molar-refractivity contribution is -0.126. The lowest BCUT2D eigenvalue weighted by Crippen LogP contribution is -2.37. The van der Waals surface area contributed by atoms with Crippen molar-refractivity contribution in [2.75, 3.05) is 18.1 Å². The first-order valence-electron chi connectivity index (χ1n) is 9.89. The van der Waals surface area contributed by atoms with Crippen LogP contribution in [0, 0.1) is 6.92 Å². The smallest absolute Gasteiger partial charge is 0.254 e. The number of hydrogen-bond donors (Lipinski definition) is 1. The van der Waals surface area contributed by atoms with E-state index < -0.39 is 6.04 Å². The lowest BCUT2D eigenvalue weighted by atomic mass is 10.0. The number of nitrogens with zero attached hydrogens (tertiary/aromatic N) is 1. The average molecular weight is 415 g/mol. The molecule has 29 heavy (non-hydrogen) atoms. The fourth-order valence-corrected chi connectivity index (χ4v) is 3.95. The first-order chi connectivity index (χ1) is 13.8. The number of halogens is 1. The summed E-state index contributed by atoms with van der Waals surface area (Å²) in [5, 5.41) is 3.23. The van der Waals surface area contributed by atoms with Crippen LogP contribution in [0.2, 0.25) is 5.02 Å². The standard InChI is InChI=1S/C23H27ClN2O3/c1-14(2)17-10-9-15(3)13-20(17)29-12-6-11-26-22-18(7-5-8-19(22)24)21(23(26)28)25-16(4)27/h5,7-10,13-14,21H,6,11-12H2,1-4H3,(H,25,27). The molecule has 0 radical (unpaired) electrons. The second kappa shape index (κ2) is 8.87. The number of rotatable bonds is 7. The van der Waals surface area contributed by atoms with Crippen molar-refractivity contribution in [1.82, 2.24) is 5.32 Å². The molecule has 1 unspecified atom stereocenters. The van der Waals surface area contributed by atoms with Gasteiger partial charge in [0.2, 0.25) is 5.91 Å². The number of aryl methyl sites for hydroxylation is 1. The van der Waals surface area contributed by atoms with Crippen LogP contribution in [0.3, 0.4) is 0 Å². The van der Waals surface area contributed by atoms with Crippen LogP contribution in [-0.2, 0) is 9.59 Å². The van der Waals surface area contributed by atoms with Gasteiger partial charge in [-0.05, 0) is 42.5 Å². The molecule has 1 atom stereocenters. The highest BCUT2D eigenvalue weighted by atomic mass is 35.5. The summed E-state index contributed by atoms with van der Waals surface area (Å²) in [5.41, 5.74) is 3.74. The number of para-hydroxylation sites is 1. The van der Waals surface area contributed by atoms with E-state index in [-0.39, 0.29) is 11.8 Å². The van der Waals surface area contributed by atoms with Crippen LogP contribution in [0.1, 0.15) is 55.8 Å². The maximum atomic E-state index is 12.9. The van der Waals surface area contributed by atoms with E-state index in [9.17, 15) is 9.59 Å². The Morgan fingerprint density at radius 3 is 2.72 bits per heavy atom. The minimum Gasteiger partial charge on any atom is -0.493 e. The van der Waals surface area contributed by atoms with Gasteiger partial charge in [-0.25, -0.2) is 0 Å². The lowest BCUT2D eigenvalue weighted by Gasteiger charge is -2.20. The van der Waals surface area contributed by atoms with Crippen LogP contribution in [0.25, 0.3) is 0 Å². The molecule has 5 nitrogen and oxygen atoms in total. The van der Waals surface area contributed by atoms with Gasteiger partial charge in [-0.1, -0.05) is 49.7 Å². The highest BCUT2D eigenvalue weighted by Crippen LogP contribution is 2.41. The maximum Gasteiger partial charge on any atom is 0.254 e. The van der Waals surface area contributed by atoms with Gasteiger partial charge in [0.05, 0.1) is 17.3 Å². The number of anilines is 1. The Labute approximate surface area is 177 Å².